The molecule has 6 aromatic rings. The van der Waals surface area contributed by atoms with E-state index in [0.29, 0.717) is 0 Å². The maximum absolute atomic E-state index is 12.2. The number of aliphatic hydroxyl groups is 1. The normalized spacial score (nSPS) is 12.5. The quantitative estimate of drug-likeness (QED) is 0.0893. The van der Waals surface area contributed by atoms with Gasteiger partial charge in [-0.1, -0.05) is 104 Å². The summed E-state index contributed by atoms with van der Waals surface area (Å²) in [5.41, 5.74) is 4.88. The number of pyridine rings is 1. The van der Waals surface area contributed by atoms with E-state index in [4.69, 9.17) is 9.40 Å². The van der Waals surface area contributed by atoms with Crippen molar-refractivity contribution in [1.82, 2.24) is 4.98 Å². The number of hydrogen-bond acceptors (Lipinski definition) is 5. The third-order valence-electron chi connectivity index (χ3n) is 10.6. The second kappa shape index (κ2) is 15.8. The molecule has 50 heavy (non-hydrogen) atoms. The minimum Gasteiger partial charge on any atom is -0.512 e. The van der Waals surface area contributed by atoms with Gasteiger partial charge in [-0.15, -0.1) is 40.5 Å². The Morgan fingerprint density at radius 3 is 2.18 bits per heavy atom. The van der Waals surface area contributed by atoms with E-state index in [1.54, 1.807) is 17.6 Å². The van der Waals surface area contributed by atoms with Crippen molar-refractivity contribution in [3.8, 4) is 21.7 Å². The number of fused-ring (bicyclic) bond motifs is 3. The molecule has 1 radical (unpaired) electrons. The van der Waals surface area contributed by atoms with Crippen LogP contribution in [-0.4, -0.2) is 15.9 Å². The molecule has 6 heteroatoms. The fraction of sp³-hybridized carbons (Fsp3) is 0.364. The molecule has 3 aromatic heterocycles. The molecule has 0 aliphatic heterocycles. The summed E-state index contributed by atoms with van der Waals surface area (Å²) in [6, 6.07) is 27.1. The second-order valence-corrected chi connectivity index (χ2v) is 15.7. The van der Waals surface area contributed by atoms with Crippen LogP contribution >= 0.6 is 11.3 Å². The summed E-state index contributed by atoms with van der Waals surface area (Å²) in [6.45, 7) is 18.9. The predicted molar refractivity (Wildman–Crippen MR) is 208 cm³/mol. The van der Waals surface area contributed by atoms with Crippen LogP contribution in [0.2, 0.25) is 0 Å². The molecule has 0 fully saturated rings. The molecular formula is C44H50IrNO3S-. The largest absolute Gasteiger partial charge is 0.512 e. The first-order chi connectivity index (χ1) is 23.3. The van der Waals surface area contributed by atoms with Gasteiger partial charge < -0.3 is 9.52 Å². The van der Waals surface area contributed by atoms with Crippen LogP contribution < -0.4 is 0 Å². The van der Waals surface area contributed by atoms with E-state index in [1.165, 1.54) is 37.6 Å². The van der Waals surface area contributed by atoms with Gasteiger partial charge in [0.05, 0.1) is 6.26 Å². The van der Waals surface area contributed by atoms with Crippen LogP contribution in [0, 0.1) is 16.9 Å². The zero-order chi connectivity index (χ0) is 35.6. The number of rotatable bonds is 9. The summed E-state index contributed by atoms with van der Waals surface area (Å²) in [5, 5.41) is 14.8. The van der Waals surface area contributed by atoms with Gasteiger partial charge >= 0.3 is 0 Å². The third kappa shape index (κ3) is 7.83. The minimum atomic E-state index is -0.337. The van der Waals surface area contributed by atoms with Gasteiger partial charge in [0.1, 0.15) is 11.3 Å². The SMILES string of the molecule is CC(C)(C)c1cc(-c2nccc3sc(-c4cccc5occc45)cc23)[c-]c2ccccc12.CCC(C)(CC)C(=O)/C=C(\O)C(C)(CC)CC.[Ir]. The molecule has 265 valence electrons. The van der Waals surface area contributed by atoms with Crippen molar-refractivity contribution in [2.24, 2.45) is 10.8 Å². The first kappa shape index (κ1) is 39.2. The molecule has 1 N–H and O–H groups in total. The third-order valence-corrected chi connectivity index (χ3v) is 11.8. The van der Waals surface area contributed by atoms with Gasteiger partial charge in [-0.3, -0.25) is 9.78 Å². The summed E-state index contributed by atoms with van der Waals surface area (Å²) >= 11 is 1.80. The molecule has 0 spiro atoms. The first-order valence-corrected chi connectivity index (χ1v) is 18.4. The Hall–Kier alpha value is -3.57. The fourth-order valence-electron chi connectivity index (χ4n) is 6.18. The standard InChI is InChI=1S/C29H22NOS.C15H28O2.Ir/c1-29(2,3)24-16-19(15-18-7-4-5-8-20(18)24)28-23-17-27(32-26(23)11-13-30-28)22-9-6-10-25-21(22)12-14-31-25;1-7-14(5,8-2)12(16)11-13(17)15(6,9-3)10-4;/h4-14,16-17H,1-3H3;11,16H,7-10H2,1-6H3;/q-1;;/b;12-11-;. The van der Waals surface area contributed by atoms with Crippen LogP contribution in [0.1, 0.15) is 93.6 Å². The van der Waals surface area contributed by atoms with Crippen molar-refractivity contribution < 1.29 is 34.4 Å². The smallest absolute Gasteiger partial charge is 0.164 e. The van der Waals surface area contributed by atoms with Crippen molar-refractivity contribution in [3.05, 3.63) is 103 Å². The Labute approximate surface area is 315 Å². The van der Waals surface area contributed by atoms with Crippen LogP contribution in [0.4, 0.5) is 0 Å². The monoisotopic (exact) mass is 865 g/mol. The molecule has 4 nitrogen and oxygen atoms in total. The number of ketones is 1. The average molecular weight is 865 g/mol. The molecule has 6 rings (SSSR count). The van der Waals surface area contributed by atoms with Crippen molar-refractivity contribution in [1.29, 1.82) is 0 Å². The van der Waals surface area contributed by atoms with Crippen molar-refractivity contribution in [2.45, 2.75) is 93.4 Å². The van der Waals surface area contributed by atoms with Crippen LogP contribution in [0.5, 0.6) is 0 Å². The van der Waals surface area contributed by atoms with Crippen LogP contribution in [0.3, 0.4) is 0 Å². The summed E-state index contributed by atoms with van der Waals surface area (Å²) in [5.74, 6) is 0.286. The predicted octanol–water partition coefficient (Wildman–Crippen LogP) is 13.3. The molecule has 3 heterocycles. The topological polar surface area (TPSA) is 63.3 Å². The Balaban J connectivity index is 0.000000269. The molecule has 0 bridgehead atoms. The molecule has 0 amide bonds. The summed E-state index contributed by atoms with van der Waals surface area (Å²) < 4.78 is 6.85. The van der Waals surface area contributed by atoms with Gasteiger partial charge in [0, 0.05) is 69.4 Å². The number of aliphatic hydroxyl groups excluding tert-OH is 1. The number of hydrogen-bond donors (Lipinski definition) is 1. The first-order valence-electron chi connectivity index (χ1n) is 17.5. The number of benzene rings is 3. The molecule has 0 atom stereocenters. The van der Waals surface area contributed by atoms with E-state index < -0.39 is 0 Å². The van der Waals surface area contributed by atoms with Crippen LogP contribution in [0.25, 0.3) is 53.5 Å². The van der Waals surface area contributed by atoms with Crippen LogP contribution in [0.15, 0.2) is 95.4 Å². The summed E-state index contributed by atoms with van der Waals surface area (Å²) in [6.07, 6.45) is 8.42. The molecule has 0 aliphatic carbocycles. The van der Waals surface area contributed by atoms with E-state index in [1.807, 2.05) is 59.9 Å². The number of furan rings is 1. The zero-order valence-electron chi connectivity index (χ0n) is 30.9. The Morgan fingerprint density at radius 1 is 0.840 bits per heavy atom. The van der Waals surface area contributed by atoms with Crippen molar-refractivity contribution in [2.75, 3.05) is 0 Å². The van der Waals surface area contributed by atoms with Crippen molar-refractivity contribution in [3.63, 3.8) is 0 Å². The molecular weight excluding hydrogens is 815 g/mol. The zero-order valence-corrected chi connectivity index (χ0v) is 34.1. The van der Waals surface area contributed by atoms with Gasteiger partial charge in [-0.25, -0.2) is 0 Å². The average Bonchev–Trinajstić information content (AvgIpc) is 3.78. The van der Waals surface area contributed by atoms with E-state index in [2.05, 4.69) is 81.4 Å². The molecule has 0 saturated heterocycles. The molecule has 0 saturated carbocycles. The Kier molecular flexibility index (Phi) is 12.4. The molecule has 0 aliphatic rings. The molecule has 3 aromatic carbocycles. The number of carbonyl (C=O) groups is 1. The molecule has 0 unspecified atom stereocenters. The number of aromatic nitrogens is 1. The van der Waals surface area contributed by atoms with E-state index in [9.17, 15) is 9.90 Å². The maximum Gasteiger partial charge on any atom is 0.164 e. The number of allylic oxidation sites excluding steroid dienone is 2. The number of carbonyl (C=O) groups excluding carboxylic acids is 1. The van der Waals surface area contributed by atoms with Gasteiger partial charge in [-0.2, -0.15) is 0 Å². The van der Waals surface area contributed by atoms with Crippen LogP contribution in [-0.2, 0) is 30.3 Å². The van der Waals surface area contributed by atoms with Crippen molar-refractivity contribution >= 4 is 48.9 Å². The van der Waals surface area contributed by atoms with E-state index in [0.717, 1.165) is 53.3 Å². The minimum absolute atomic E-state index is 0. The van der Waals surface area contributed by atoms with E-state index in [-0.39, 0.29) is 47.9 Å². The summed E-state index contributed by atoms with van der Waals surface area (Å²) in [7, 11) is 0. The number of nitrogens with zero attached hydrogens (tertiary/aromatic N) is 1. The Morgan fingerprint density at radius 2 is 1.52 bits per heavy atom. The van der Waals surface area contributed by atoms with Gasteiger partial charge in [0.2, 0.25) is 0 Å². The van der Waals surface area contributed by atoms with E-state index >= 15 is 0 Å². The second-order valence-electron chi connectivity index (χ2n) is 14.6. The number of thiophene rings is 1. The van der Waals surface area contributed by atoms with Gasteiger partial charge in [0.15, 0.2) is 5.78 Å². The maximum atomic E-state index is 12.2. The van der Waals surface area contributed by atoms with Gasteiger partial charge in [-0.05, 0) is 60.7 Å². The Bertz CT molecular complexity index is 2120. The fourth-order valence-corrected chi connectivity index (χ4v) is 7.28. The summed E-state index contributed by atoms with van der Waals surface area (Å²) in [4.78, 5) is 18.2. The van der Waals surface area contributed by atoms with Gasteiger partial charge in [0.25, 0.3) is 0 Å².